The first-order chi connectivity index (χ1) is 12.4. The molecule has 0 aliphatic heterocycles. The number of hydrogen-bond acceptors (Lipinski definition) is 3. The van der Waals surface area contributed by atoms with E-state index in [-0.39, 0.29) is 17.6 Å². The smallest absolute Gasteiger partial charge is 0.251 e. The van der Waals surface area contributed by atoms with Crippen molar-refractivity contribution in [1.82, 2.24) is 5.32 Å². The number of anilines is 2. The van der Waals surface area contributed by atoms with E-state index in [1.165, 1.54) is 0 Å². The van der Waals surface area contributed by atoms with Crippen LogP contribution in [-0.4, -0.2) is 23.9 Å². The van der Waals surface area contributed by atoms with Crippen LogP contribution in [0.5, 0.6) is 0 Å². The lowest BCUT2D eigenvalue weighted by Gasteiger charge is -2.16. The van der Waals surface area contributed by atoms with Crippen LogP contribution in [0.1, 0.15) is 30.1 Å². The van der Waals surface area contributed by atoms with Crippen molar-refractivity contribution < 1.29 is 18.4 Å². The van der Waals surface area contributed by atoms with Gasteiger partial charge >= 0.3 is 0 Å². The first-order valence-electron chi connectivity index (χ1n) is 8.36. The largest absolute Gasteiger partial charge is 0.374 e. The molecule has 3 N–H and O–H groups in total. The highest BCUT2D eigenvalue weighted by Gasteiger charge is 2.23. The van der Waals surface area contributed by atoms with Gasteiger partial charge in [0.15, 0.2) is 0 Å². The Morgan fingerprint density at radius 1 is 1.08 bits per heavy atom. The lowest BCUT2D eigenvalue weighted by molar-refractivity contribution is -0.116. The summed E-state index contributed by atoms with van der Waals surface area (Å²) in [7, 11) is 0. The fraction of sp³-hybridized carbons (Fsp3) is 0.263. The molecule has 1 aliphatic carbocycles. The molecule has 0 bridgehead atoms. The molecular formula is C19H19F2N3O2. The van der Waals surface area contributed by atoms with Gasteiger partial charge in [-0.2, -0.15) is 0 Å². The number of hydrogen-bond donors (Lipinski definition) is 3. The van der Waals surface area contributed by atoms with Gasteiger partial charge in [0.25, 0.3) is 5.91 Å². The van der Waals surface area contributed by atoms with Crippen molar-refractivity contribution in [1.29, 1.82) is 0 Å². The number of halogens is 2. The van der Waals surface area contributed by atoms with E-state index in [0.717, 1.165) is 31.0 Å². The molecule has 0 spiro atoms. The van der Waals surface area contributed by atoms with Gasteiger partial charge in [-0.15, -0.1) is 0 Å². The zero-order valence-electron chi connectivity index (χ0n) is 14.2. The first-order valence-corrected chi connectivity index (χ1v) is 8.36. The molecule has 2 aromatic rings. The number of benzene rings is 2. The van der Waals surface area contributed by atoms with E-state index < -0.39 is 23.6 Å². The molecule has 0 heterocycles. The first kappa shape index (κ1) is 17.8. The van der Waals surface area contributed by atoms with E-state index in [1.54, 1.807) is 31.2 Å². The number of carbonyl (C=O) groups excluding carboxylic acids is 2. The summed E-state index contributed by atoms with van der Waals surface area (Å²) in [5.74, 6) is -1.98. The standard InChI is InChI=1S/C19H19F2N3O2/c1-11(18(25)24-17-10-13(20)4-9-16(17)21)22-14-5-2-12(3-6-14)19(26)23-15-7-8-15/h2-6,9-11,15,22H,7-8H2,1H3,(H,23,26)(H,24,25). The zero-order valence-corrected chi connectivity index (χ0v) is 14.2. The third-order valence-electron chi connectivity index (χ3n) is 4.02. The SMILES string of the molecule is CC(Nc1ccc(C(=O)NC2CC2)cc1)C(=O)Nc1cc(F)ccc1F. The molecule has 1 fully saturated rings. The Morgan fingerprint density at radius 3 is 2.42 bits per heavy atom. The van der Waals surface area contributed by atoms with Gasteiger partial charge in [0.2, 0.25) is 5.91 Å². The van der Waals surface area contributed by atoms with Gasteiger partial charge in [0.1, 0.15) is 17.7 Å². The van der Waals surface area contributed by atoms with E-state index in [1.807, 2.05) is 0 Å². The van der Waals surface area contributed by atoms with Gasteiger partial charge in [0.05, 0.1) is 5.69 Å². The molecule has 1 aliphatic rings. The maximum Gasteiger partial charge on any atom is 0.251 e. The van der Waals surface area contributed by atoms with Crippen molar-refractivity contribution in [2.45, 2.75) is 31.8 Å². The molecule has 1 saturated carbocycles. The van der Waals surface area contributed by atoms with Gasteiger partial charge in [-0.25, -0.2) is 8.78 Å². The van der Waals surface area contributed by atoms with Gasteiger partial charge in [-0.3, -0.25) is 9.59 Å². The van der Waals surface area contributed by atoms with Crippen molar-refractivity contribution >= 4 is 23.2 Å². The molecule has 5 nitrogen and oxygen atoms in total. The predicted octanol–water partition coefficient (Wildman–Crippen LogP) is 3.30. The average Bonchev–Trinajstić information content (AvgIpc) is 3.42. The number of rotatable bonds is 6. The van der Waals surface area contributed by atoms with Crippen LogP contribution in [-0.2, 0) is 4.79 Å². The van der Waals surface area contributed by atoms with Crippen molar-refractivity contribution in [3.8, 4) is 0 Å². The number of amides is 2. The van der Waals surface area contributed by atoms with E-state index in [4.69, 9.17) is 0 Å². The van der Waals surface area contributed by atoms with Gasteiger partial charge in [-0.05, 0) is 56.2 Å². The third-order valence-corrected chi connectivity index (χ3v) is 4.02. The zero-order chi connectivity index (χ0) is 18.7. The average molecular weight is 359 g/mol. The highest BCUT2D eigenvalue weighted by atomic mass is 19.1. The number of carbonyl (C=O) groups is 2. The molecule has 2 aromatic carbocycles. The van der Waals surface area contributed by atoms with Crippen molar-refractivity contribution in [2.75, 3.05) is 10.6 Å². The molecule has 0 aromatic heterocycles. The van der Waals surface area contributed by atoms with E-state index >= 15 is 0 Å². The Balaban J connectivity index is 1.58. The highest BCUT2D eigenvalue weighted by molar-refractivity contribution is 5.97. The monoisotopic (exact) mass is 359 g/mol. The van der Waals surface area contributed by atoms with E-state index in [9.17, 15) is 18.4 Å². The van der Waals surface area contributed by atoms with Crippen LogP contribution in [0.25, 0.3) is 0 Å². The van der Waals surface area contributed by atoms with Crippen LogP contribution in [0, 0.1) is 11.6 Å². The second-order valence-electron chi connectivity index (χ2n) is 6.30. The molecule has 0 saturated heterocycles. The Morgan fingerprint density at radius 2 is 1.77 bits per heavy atom. The van der Waals surface area contributed by atoms with Crippen LogP contribution in [0.3, 0.4) is 0 Å². The molecule has 3 rings (SSSR count). The number of nitrogens with one attached hydrogen (secondary N) is 3. The molecule has 2 amide bonds. The summed E-state index contributed by atoms with van der Waals surface area (Å²) in [6.45, 7) is 1.60. The topological polar surface area (TPSA) is 70.2 Å². The van der Waals surface area contributed by atoms with Gasteiger partial charge in [0, 0.05) is 23.4 Å². The third kappa shape index (κ3) is 4.56. The second-order valence-corrected chi connectivity index (χ2v) is 6.30. The predicted molar refractivity (Wildman–Crippen MR) is 95.0 cm³/mol. The highest BCUT2D eigenvalue weighted by Crippen LogP contribution is 2.20. The maximum absolute atomic E-state index is 13.6. The van der Waals surface area contributed by atoms with Crippen LogP contribution in [0.2, 0.25) is 0 Å². The molecule has 7 heteroatoms. The summed E-state index contributed by atoms with van der Waals surface area (Å²) < 4.78 is 26.8. The summed E-state index contributed by atoms with van der Waals surface area (Å²) in [4.78, 5) is 24.1. The van der Waals surface area contributed by atoms with Crippen LogP contribution >= 0.6 is 0 Å². The van der Waals surface area contributed by atoms with Crippen LogP contribution in [0.4, 0.5) is 20.2 Å². The minimum Gasteiger partial charge on any atom is -0.374 e. The van der Waals surface area contributed by atoms with Gasteiger partial charge in [-0.1, -0.05) is 0 Å². The molecule has 1 atom stereocenters. The minimum atomic E-state index is -0.710. The molecular weight excluding hydrogens is 340 g/mol. The fourth-order valence-corrected chi connectivity index (χ4v) is 2.36. The molecule has 0 radical (unpaired) electrons. The molecule has 26 heavy (non-hydrogen) atoms. The van der Waals surface area contributed by atoms with Crippen molar-refractivity contribution in [3.63, 3.8) is 0 Å². The van der Waals surface area contributed by atoms with Crippen LogP contribution < -0.4 is 16.0 Å². The van der Waals surface area contributed by atoms with E-state index in [0.29, 0.717) is 11.3 Å². The summed E-state index contributed by atoms with van der Waals surface area (Å²) in [5, 5.41) is 8.20. The molecule has 1 unspecified atom stereocenters. The Labute approximate surface area is 149 Å². The van der Waals surface area contributed by atoms with Gasteiger partial charge < -0.3 is 16.0 Å². The Hall–Kier alpha value is -2.96. The van der Waals surface area contributed by atoms with Crippen molar-refractivity contribution in [3.05, 3.63) is 59.7 Å². The normalized spacial score (nSPS) is 14.4. The maximum atomic E-state index is 13.6. The summed E-state index contributed by atoms with van der Waals surface area (Å²) in [5.41, 5.74) is 0.965. The summed E-state index contributed by atoms with van der Waals surface area (Å²) in [6, 6.07) is 9.15. The van der Waals surface area contributed by atoms with Crippen LogP contribution in [0.15, 0.2) is 42.5 Å². The lowest BCUT2D eigenvalue weighted by Crippen LogP contribution is -2.32. The Bertz CT molecular complexity index is 820. The lowest BCUT2D eigenvalue weighted by atomic mass is 10.1. The molecule has 136 valence electrons. The summed E-state index contributed by atoms with van der Waals surface area (Å²) in [6.07, 6.45) is 2.04. The van der Waals surface area contributed by atoms with Crippen molar-refractivity contribution in [2.24, 2.45) is 0 Å². The quantitative estimate of drug-likeness (QED) is 0.741. The summed E-state index contributed by atoms with van der Waals surface area (Å²) >= 11 is 0. The minimum absolute atomic E-state index is 0.119. The fourth-order valence-electron chi connectivity index (χ4n) is 2.36. The van der Waals surface area contributed by atoms with E-state index in [2.05, 4.69) is 16.0 Å². The Kier molecular flexibility index (Phi) is 5.16. The second kappa shape index (κ2) is 7.51.